The molecule has 0 spiro atoms. The Morgan fingerprint density at radius 1 is 1.43 bits per heavy atom. The average molecular weight is 347 g/mol. The van der Waals surface area contributed by atoms with Crippen molar-refractivity contribution in [3.63, 3.8) is 0 Å². The van der Waals surface area contributed by atoms with Crippen molar-refractivity contribution >= 4 is 29.4 Å². The number of rotatable bonds is 5. The Morgan fingerprint density at radius 2 is 2.17 bits per heavy atom. The van der Waals surface area contributed by atoms with E-state index in [0.717, 1.165) is 22.6 Å². The zero-order chi connectivity index (χ0) is 16.4. The predicted molar refractivity (Wildman–Crippen MR) is 93.0 cm³/mol. The number of thioether (sulfide) groups is 2. The number of nitrogens with two attached hydrogens (primary N) is 1. The number of hydrogen-bond acceptors (Lipinski definition) is 5. The molecule has 2 heterocycles. The van der Waals surface area contributed by atoms with Crippen LogP contribution in [-0.2, 0) is 17.8 Å². The van der Waals surface area contributed by atoms with Gasteiger partial charge in [-0.05, 0) is 5.56 Å². The van der Waals surface area contributed by atoms with Gasteiger partial charge in [-0.3, -0.25) is 14.2 Å². The Bertz CT molecular complexity index is 790. The highest BCUT2D eigenvalue weighted by Gasteiger charge is 2.26. The molecule has 7 heteroatoms. The van der Waals surface area contributed by atoms with Gasteiger partial charge in [0.05, 0.1) is 22.9 Å². The number of nitrogens with zero attached hydrogens (tertiary/aromatic N) is 2. The third-order valence-electron chi connectivity index (χ3n) is 3.49. The van der Waals surface area contributed by atoms with Gasteiger partial charge in [-0.25, -0.2) is 4.98 Å². The molecule has 3 rings (SSSR count). The van der Waals surface area contributed by atoms with E-state index >= 15 is 0 Å². The fraction of sp³-hybridized carbons (Fsp3) is 0.312. The Kier molecular flexibility index (Phi) is 4.77. The molecule has 0 unspecified atom stereocenters. The SMILES string of the molecule is C[C@@H]1Cc2nc(SCC(N)=O)n(Cc3ccccc3)c(=O)c2S1. The van der Waals surface area contributed by atoms with Crippen molar-refractivity contribution in [2.75, 3.05) is 5.75 Å². The van der Waals surface area contributed by atoms with Crippen LogP contribution in [0.2, 0.25) is 0 Å². The van der Waals surface area contributed by atoms with Crippen LogP contribution < -0.4 is 11.3 Å². The van der Waals surface area contributed by atoms with Gasteiger partial charge in [0.25, 0.3) is 5.56 Å². The second kappa shape index (κ2) is 6.80. The third kappa shape index (κ3) is 3.61. The number of hydrogen-bond donors (Lipinski definition) is 1. The highest BCUT2D eigenvalue weighted by atomic mass is 32.2. The molecule has 2 aromatic rings. The average Bonchev–Trinajstić information content (AvgIpc) is 2.90. The molecule has 1 atom stereocenters. The van der Waals surface area contributed by atoms with Crippen LogP contribution in [0.5, 0.6) is 0 Å². The van der Waals surface area contributed by atoms with Gasteiger partial charge < -0.3 is 5.73 Å². The van der Waals surface area contributed by atoms with E-state index in [2.05, 4.69) is 11.9 Å². The predicted octanol–water partition coefficient (Wildman–Crippen LogP) is 1.91. The van der Waals surface area contributed by atoms with Gasteiger partial charge in [-0.1, -0.05) is 49.0 Å². The van der Waals surface area contributed by atoms with Crippen LogP contribution in [0.4, 0.5) is 0 Å². The quantitative estimate of drug-likeness (QED) is 0.660. The van der Waals surface area contributed by atoms with Crippen LogP contribution in [0.3, 0.4) is 0 Å². The van der Waals surface area contributed by atoms with Crippen LogP contribution in [0.1, 0.15) is 18.2 Å². The van der Waals surface area contributed by atoms with Crippen LogP contribution in [-0.4, -0.2) is 26.5 Å². The zero-order valence-electron chi connectivity index (χ0n) is 12.7. The summed E-state index contributed by atoms with van der Waals surface area (Å²) in [6, 6.07) is 9.76. The lowest BCUT2D eigenvalue weighted by molar-refractivity contribution is -0.115. The number of carbonyl (C=O) groups excluding carboxylic acids is 1. The second-order valence-corrected chi connectivity index (χ2v) is 7.83. The molecule has 0 saturated carbocycles. The maximum Gasteiger partial charge on any atom is 0.268 e. The molecule has 5 nitrogen and oxygen atoms in total. The van der Waals surface area contributed by atoms with Crippen LogP contribution in [0.15, 0.2) is 45.2 Å². The summed E-state index contributed by atoms with van der Waals surface area (Å²) in [5.74, 6) is -0.304. The normalized spacial score (nSPS) is 16.3. The minimum absolute atomic E-state index is 0.0276. The van der Waals surface area contributed by atoms with Gasteiger partial charge in [-0.2, -0.15) is 0 Å². The summed E-state index contributed by atoms with van der Waals surface area (Å²) in [6.07, 6.45) is 0.783. The molecule has 23 heavy (non-hydrogen) atoms. The summed E-state index contributed by atoms with van der Waals surface area (Å²) < 4.78 is 1.65. The highest BCUT2D eigenvalue weighted by molar-refractivity contribution is 8.00. The number of fused-ring (bicyclic) bond motifs is 1. The fourth-order valence-corrected chi connectivity index (χ4v) is 4.35. The molecule has 120 valence electrons. The molecule has 0 fully saturated rings. The first-order valence-corrected chi connectivity index (χ1v) is 9.16. The molecule has 1 aromatic carbocycles. The largest absolute Gasteiger partial charge is 0.369 e. The maximum atomic E-state index is 12.8. The molecule has 0 radical (unpaired) electrons. The zero-order valence-corrected chi connectivity index (χ0v) is 14.3. The van der Waals surface area contributed by atoms with Crippen molar-refractivity contribution in [2.45, 2.75) is 35.2 Å². The Labute approximate surface area is 142 Å². The third-order valence-corrected chi connectivity index (χ3v) is 5.70. The molecule has 2 N–H and O–H groups in total. The molecule has 0 aliphatic carbocycles. The lowest BCUT2D eigenvalue weighted by Crippen LogP contribution is -2.26. The monoisotopic (exact) mass is 347 g/mol. The topological polar surface area (TPSA) is 78.0 Å². The number of amides is 1. The summed E-state index contributed by atoms with van der Waals surface area (Å²) in [6.45, 7) is 2.53. The van der Waals surface area contributed by atoms with Crippen molar-refractivity contribution < 1.29 is 4.79 Å². The number of aromatic nitrogens is 2. The molecule has 1 amide bonds. The Hall–Kier alpha value is -1.73. The minimum atomic E-state index is -0.418. The molecule has 0 saturated heterocycles. The van der Waals surface area contributed by atoms with Gasteiger partial charge in [0.15, 0.2) is 5.16 Å². The highest BCUT2D eigenvalue weighted by Crippen LogP contribution is 2.34. The molecular formula is C16H17N3O2S2. The van der Waals surface area contributed by atoms with E-state index in [1.807, 2.05) is 30.3 Å². The lowest BCUT2D eigenvalue weighted by Gasteiger charge is -2.13. The van der Waals surface area contributed by atoms with E-state index in [9.17, 15) is 9.59 Å². The van der Waals surface area contributed by atoms with Crippen molar-refractivity contribution in [3.05, 3.63) is 51.9 Å². The van der Waals surface area contributed by atoms with E-state index in [1.54, 1.807) is 16.3 Å². The number of benzene rings is 1. The second-order valence-electron chi connectivity index (χ2n) is 5.43. The molecule has 1 aromatic heterocycles. The van der Waals surface area contributed by atoms with Crippen molar-refractivity contribution in [1.29, 1.82) is 0 Å². The smallest absolute Gasteiger partial charge is 0.268 e. The summed E-state index contributed by atoms with van der Waals surface area (Å²) in [5.41, 5.74) is 7.07. The minimum Gasteiger partial charge on any atom is -0.369 e. The summed E-state index contributed by atoms with van der Waals surface area (Å²) in [7, 11) is 0. The maximum absolute atomic E-state index is 12.8. The van der Waals surface area contributed by atoms with Gasteiger partial charge in [0.1, 0.15) is 0 Å². The van der Waals surface area contributed by atoms with E-state index in [-0.39, 0.29) is 11.3 Å². The Balaban J connectivity index is 2.02. The van der Waals surface area contributed by atoms with E-state index in [4.69, 9.17) is 5.73 Å². The van der Waals surface area contributed by atoms with Gasteiger partial charge in [0, 0.05) is 11.7 Å². The van der Waals surface area contributed by atoms with E-state index < -0.39 is 5.91 Å². The van der Waals surface area contributed by atoms with Crippen LogP contribution in [0.25, 0.3) is 0 Å². The molecule has 1 aliphatic rings. The van der Waals surface area contributed by atoms with E-state index in [1.165, 1.54) is 11.8 Å². The van der Waals surface area contributed by atoms with E-state index in [0.29, 0.717) is 17.0 Å². The van der Waals surface area contributed by atoms with Gasteiger partial charge >= 0.3 is 0 Å². The summed E-state index contributed by atoms with van der Waals surface area (Å²) in [4.78, 5) is 29.3. The van der Waals surface area contributed by atoms with Crippen molar-refractivity contribution in [3.8, 4) is 0 Å². The van der Waals surface area contributed by atoms with Crippen LogP contribution >= 0.6 is 23.5 Å². The van der Waals surface area contributed by atoms with Crippen LogP contribution in [0, 0.1) is 0 Å². The molecular weight excluding hydrogens is 330 g/mol. The summed E-state index contributed by atoms with van der Waals surface area (Å²) >= 11 is 2.80. The fourth-order valence-electron chi connectivity index (χ4n) is 2.48. The number of carbonyl (C=O) groups is 1. The van der Waals surface area contributed by atoms with Crippen molar-refractivity contribution in [2.24, 2.45) is 5.73 Å². The first-order chi connectivity index (χ1) is 11.0. The molecule has 0 bridgehead atoms. The first kappa shape index (κ1) is 16.1. The Morgan fingerprint density at radius 3 is 2.87 bits per heavy atom. The number of primary amides is 1. The lowest BCUT2D eigenvalue weighted by atomic mass is 10.2. The van der Waals surface area contributed by atoms with Crippen molar-refractivity contribution in [1.82, 2.24) is 9.55 Å². The van der Waals surface area contributed by atoms with Gasteiger partial charge in [0.2, 0.25) is 5.91 Å². The first-order valence-electron chi connectivity index (χ1n) is 7.30. The van der Waals surface area contributed by atoms with Gasteiger partial charge in [-0.15, -0.1) is 11.8 Å². The standard InChI is InChI=1S/C16H17N3O2S2/c1-10-7-12-14(23-10)15(21)19(8-11-5-3-2-4-6-11)16(18-12)22-9-13(17)20/h2-6,10H,7-9H2,1H3,(H2,17,20)/t10-/m1/s1. The molecule has 1 aliphatic heterocycles. The summed E-state index contributed by atoms with van der Waals surface area (Å²) in [5, 5.41) is 0.915.